The summed E-state index contributed by atoms with van der Waals surface area (Å²) < 4.78 is 1.72. The van der Waals surface area contributed by atoms with Gasteiger partial charge in [-0.15, -0.1) is 12.3 Å². The Morgan fingerprint density at radius 3 is 3.08 bits per heavy atom. The van der Waals surface area contributed by atoms with E-state index >= 15 is 0 Å². The van der Waals surface area contributed by atoms with E-state index in [1.165, 1.54) is 0 Å². The Balaban J connectivity index is 2.74. The monoisotopic (exact) mass is 164 g/mol. The quantitative estimate of drug-likeness (QED) is 0.374. The number of nitrogens with one attached hydrogen (secondary N) is 1. The van der Waals surface area contributed by atoms with E-state index in [-0.39, 0.29) is 6.04 Å². The fraction of sp³-hybridized carbons (Fsp3) is 0.375. The average molecular weight is 164 g/mol. The summed E-state index contributed by atoms with van der Waals surface area (Å²) >= 11 is 0. The zero-order valence-electron chi connectivity index (χ0n) is 6.99. The van der Waals surface area contributed by atoms with Gasteiger partial charge in [-0.05, 0) is 0 Å². The molecule has 0 aliphatic heterocycles. The molecule has 1 heterocycles. The number of hydrogen-bond donors (Lipinski definition) is 2. The SMILES string of the molecule is C#CCC(NN)c1cnn(C)c1. The summed E-state index contributed by atoms with van der Waals surface area (Å²) in [5.41, 5.74) is 3.65. The maximum absolute atomic E-state index is 5.32. The van der Waals surface area contributed by atoms with Crippen molar-refractivity contribution in [3.63, 3.8) is 0 Å². The first kappa shape index (κ1) is 8.78. The maximum Gasteiger partial charge on any atom is 0.0600 e. The molecule has 0 bridgehead atoms. The normalized spacial score (nSPS) is 12.4. The third-order valence-electron chi connectivity index (χ3n) is 1.65. The molecule has 0 saturated carbocycles. The number of terminal acetylenes is 1. The van der Waals surface area contributed by atoms with Gasteiger partial charge in [-0.1, -0.05) is 0 Å². The summed E-state index contributed by atoms with van der Waals surface area (Å²) in [5, 5.41) is 4.02. The van der Waals surface area contributed by atoms with Gasteiger partial charge in [-0.25, -0.2) is 0 Å². The molecule has 1 aromatic heterocycles. The van der Waals surface area contributed by atoms with Crippen LogP contribution in [0.15, 0.2) is 12.4 Å². The third kappa shape index (κ3) is 1.84. The molecular formula is C8H12N4. The molecule has 4 nitrogen and oxygen atoms in total. The molecule has 1 unspecified atom stereocenters. The molecule has 0 aliphatic rings. The number of aryl methyl sites for hydroxylation is 1. The Morgan fingerprint density at radius 1 is 1.92 bits per heavy atom. The molecule has 1 atom stereocenters. The number of aromatic nitrogens is 2. The molecule has 1 rings (SSSR count). The van der Waals surface area contributed by atoms with Crippen LogP contribution in [0.2, 0.25) is 0 Å². The van der Waals surface area contributed by atoms with Gasteiger partial charge in [-0.2, -0.15) is 5.10 Å². The second-order valence-electron chi connectivity index (χ2n) is 2.57. The van der Waals surface area contributed by atoms with Gasteiger partial charge in [-0.3, -0.25) is 16.0 Å². The van der Waals surface area contributed by atoms with Crippen molar-refractivity contribution in [1.29, 1.82) is 0 Å². The van der Waals surface area contributed by atoms with Gasteiger partial charge in [0.15, 0.2) is 0 Å². The van der Waals surface area contributed by atoms with Gasteiger partial charge < -0.3 is 0 Å². The molecule has 0 aliphatic carbocycles. The lowest BCUT2D eigenvalue weighted by Gasteiger charge is -2.09. The molecular weight excluding hydrogens is 152 g/mol. The molecule has 0 saturated heterocycles. The fourth-order valence-electron chi connectivity index (χ4n) is 1.01. The van der Waals surface area contributed by atoms with Gasteiger partial charge in [0.1, 0.15) is 0 Å². The number of hydrazine groups is 1. The van der Waals surface area contributed by atoms with E-state index < -0.39 is 0 Å². The van der Waals surface area contributed by atoms with Crippen LogP contribution in [-0.2, 0) is 7.05 Å². The van der Waals surface area contributed by atoms with E-state index in [1.807, 2.05) is 13.2 Å². The van der Waals surface area contributed by atoms with Gasteiger partial charge in [0.05, 0.1) is 12.2 Å². The molecule has 0 radical (unpaired) electrons. The summed E-state index contributed by atoms with van der Waals surface area (Å²) in [5.74, 6) is 7.86. The third-order valence-corrected chi connectivity index (χ3v) is 1.65. The Hall–Kier alpha value is -1.31. The molecule has 0 spiro atoms. The minimum Gasteiger partial charge on any atom is -0.275 e. The smallest absolute Gasteiger partial charge is 0.0600 e. The van der Waals surface area contributed by atoms with Crippen LogP contribution in [0.5, 0.6) is 0 Å². The first-order valence-corrected chi connectivity index (χ1v) is 3.66. The highest BCUT2D eigenvalue weighted by molar-refractivity contribution is 5.12. The highest BCUT2D eigenvalue weighted by atomic mass is 15.3. The Bertz CT molecular complexity index is 283. The minimum atomic E-state index is 0.00343. The molecule has 1 aromatic rings. The molecule has 0 amide bonds. The summed E-state index contributed by atoms with van der Waals surface area (Å²) in [4.78, 5) is 0. The van der Waals surface area contributed by atoms with E-state index in [2.05, 4.69) is 16.4 Å². The summed E-state index contributed by atoms with van der Waals surface area (Å²) in [6.07, 6.45) is 9.39. The van der Waals surface area contributed by atoms with E-state index in [9.17, 15) is 0 Å². The number of hydrogen-bond acceptors (Lipinski definition) is 3. The lowest BCUT2D eigenvalue weighted by Crippen LogP contribution is -2.27. The van der Waals surface area contributed by atoms with Crippen LogP contribution < -0.4 is 11.3 Å². The average Bonchev–Trinajstić information content (AvgIpc) is 2.47. The van der Waals surface area contributed by atoms with Crippen LogP contribution in [-0.4, -0.2) is 9.78 Å². The zero-order chi connectivity index (χ0) is 8.97. The highest BCUT2D eigenvalue weighted by Crippen LogP contribution is 2.13. The molecule has 4 heteroatoms. The van der Waals surface area contributed by atoms with E-state index in [0.717, 1.165) is 5.56 Å². The molecule has 0 aromatic carbocycles. The van der Waals surface area contributed by atoms with Crippen LogP contribution >= 0.6 is 0 Å². The van der Waals surface area contributed by atoms with Crippen molar-refractivity contribution < 1.29 is 0 Å². The number of rotatable bonds is 3. The first-order chi connectivity index (χ1) is 5.77. The minimum absolute atomic E-state index is 0.00343. The largest absolute Gasteiger partial charge is 0.275 e. The Kier molecular flexibility index (Phi) is 2.86. The second-order valence-corrected chi connectivity index (χ2v) is 2.57. The van der Waals surface area contributed by atoms with Crippen LogP contribution in [0.4, 0.5) is 0 Å². The standard InChI is InChI=1S/C8H12N4/c1-3-4-8(11-9)7-5-10-12(2)6-7/h1,5-6,8,11H,4,9H2,2H3. The molecule has 0 fully saturated rings. The molecule has 3 N–H and O–H groups in total. The van der Waals surface area contributed by atoms with E-state index in [1.54, 1.807) is 10.9 Å². The highest BCUT2D eigenvalue weighted by Gasteiger charge is 2.08. The summed E-state index contributed by atoms with van der Waals surface area (Å²) in [7, 11) is 1.85. The van der Waals surface area contributed by atoms with Crippen LogP contribution in [0.25, 0.3) is 0 Å². The number of nitrogens with zero attached hydrogens (tertiary/aromatic N) is 2. The Labute approximate surface area is 71.7 Å². The van der Waals surface area contributed by atoms with Crippen molar-refractivity contribution >= 4 is 0 Å². The van der Waals surface area contributed by atoms with Crippen LogP contribution in [0.1, 0.15) is 18.0 Å². The summed E-state index contributed by atoms with van der Waals surface area (Å²) in [6, 6.07) is 0.00343. The predicted molar refractivity (Wildman–Crippen MR) is 46.7 cm³/mol. The maximum atomic E-state index is 5.32. The van der Waals surface area contributed by atoms with Crippen LogP contribution in [0, 0.1) is 12.3 Å². The van der Waals surface area contributed by atoms with Crippen LogP contribution in [0.3, 0.4) is 0 Å². The van der Waals surface area contributed by atoms with Crippen molar-refractivity contribution in [3.05, 3.63) is 18.0 Å². The van der Waals surface area contributed by atoms with Crippen molar-refractivity contribution in [3.8, 4) is 12.3 Å². The fourth-order valence-corrected chi connectivity index (χ4v) is 1.01. The van der Waals surface area contributed by atoms with Crippen molar-refractivity contribution in [2.24, 2.45) is 12.9 Å². The van der Waals surface area contributed by atoms with E-state index in [4.69, 9.17) is 12.3 Å². The number of nitrogens with two attached hydrogens (primary N) is 1. The zero-order valence-corrected chi connectivity index (χ0v) is 6.99. The van der Waals surface area contributed by atoms with Crippen molar-refractivity contribution in [2.45, 2.75) is 12.5 Å². The predicted octanol–water partition coefficient (Wildman–Crippen LogP) is -0.0522. The topological polar surface area (TPSA) is 55.9 Å². The van der Waals surface area contributed by atoms with E-state index in [0.29, 0.717) is 6.42 Å². The van der Waals surface area contributed by atoms with Crippen molar-refractivity contribution in [2.75, 3.05) is 0 Å². The lowest BCUT2D eigenvalue weighted by atomic mass is 10.1. The van der Waals surface area contributed by atoms with Crippen molar-refractivity contribution in [1.82, 2.24) is 15.2 Å². The molecule has 12 heavy (non-hydrogen) atoms. The lowest BCUT2D eigenvalue weighted by molar-refractivity contribution is 0.567. The summed E-state index contributed by atoms with van der Waals surface area (Å²) in [6.45, 7) is 0. The van der Waals surface area contributed by atoms with Gasteiger partial charge >= 0.3 is 0 Å². The Morgan fingerprint density at radius 2 is 2.67 bits per heavy atom. The first-order valence-electron chi connectivity index (χ1n) is 3.66. The molecule has 64 valence electrons. The second kappa shape index (κ2) is 3.90. The van der Waals surface area contributed by atoms with Gasteiger partial charge in [0.25, 0.3) is 0 Å². The van der Waals surface area contributed by atoms with Gasteiger partial charge in [0, 0.05) is 25.2 Å². The van der Waals surface area contributed by atoms with Gasteiger partial charge in [0.2, 0.25) is 0 Å².